The summed E-state index contributed by atoms with van der Waals surface area (Å²) in [5.74, 6) is 0. The van der Waals surface area contributed by atoms with Gasteiger partial charge in [-0.25, -0.2) is 13.1 Å². The third kappa shape index (κ3) is 3.53. The van der Waals surface area contributed by atoms with Crippen LogP contribution in [0, 0.1) is 0 Å². The van der Waals surface area contributed by atoms with Crippen LogP contribution in [0.4, 0.5) is 0 Å². The van der Waals surface area contributed by atoms with E-state index in [0.29, 0.717) is 19.8 Å². The fourth-order valence-corrected chi connectivity index (χ4v) is 3.13. The summed E-state index contributed by atoms with van der Waals surface area (Å²) in [5, 5.41) is 6.15. The summed E-state index contributed by atoms with van der Waals surface area (Å²) in [4.78, 5) is 2.39. The molecule has 0 radical (unpaired) electrons. The average Bonchev–Trinajstić information content (AvgIpc) is 2.93. The third-order valence-corrected chi connectivity index (χ3v) is 4.71. The molecule has 0 atom stereocenters. The number of ether oxygens (including phenoxy) is 1. The number of nitrogens with one attached hydrogen (secondary N) is 2. The van der Waals surface area contributed by atoms with Gasteiger partial charge in [-0.05, 0) is 13.8 Å². The maximum atomic E-state index is 12.0. The van der Waals surface area contributed by atoms with Crippen LogP contribution in [-0.2, 0) is 14.8 Å². The van der Waals surface area contributed by atoms with E-state index in [-0.39, 0.29) is 10.4 Å². The van der Waals surface area contributed by atoms with Gasteiger partial charge in [0.25, 0.3) is 0 Å². The number of hydrogen-bond donors (Lipinski definition) is 2. The molecule has 2 heterocycles. The van der Waals surface area contributed by atoms with Gasteiger partial charge in [0.1, 0.15) is 4.90 Å². The predicted molar refractivity (Wildman–Crippen MR) is 70.2 cm³/mol. The fourth-order valence-electron chi connectivity index (χ4n) is 2.02. The van der Waals surface area contributed by atoms with Crippen LogP contribution in [0.1, 0.15) is 13.8 Å². The van der Waals surface area contributed by atoms with Gasteiger partial charge in [0.05, 0.1) is 19.4 Å². The standard InChI is InChI=1S/C11H20N4O3S/c1-11(2,15-3-5-18-6-4-15)9-14-19(16,17)10-7-12-13-8-10/h7-8,14H,3-6,9H2,1-2H3,(H,12,13). The van der Waals surface area contributed by atoms with Gasteiger partial charge in [0.2, 0.25) is 10.0 Å². The maximum Gasteiger partial charge on any atom is 0.243 e. The SMILES string of the molecule is CC(C)(CNS(=O)(=O)c1cn[nH]c1)N1CCOCC1. The quantitative estimate of drug-likeness (QED) is 0.783. The highest BCUT2D eigenvalue weighted by molar-refractivity contribution is 7.89. The number of aromatic amines is 1. The molecule has 1 aromatic rings. The summed E-state index contributed by atoms with van der Waals surface area (Å²) < 4.78 is 32.0. The normalized spacial score (nSPS) is 18.6. The topological polar surface area (TPSA) is 87.3 Å². The van der Waals surface area contributed by atoms with Crippen molar-refractivity contribution in [3.05, 3.63) is 12.4 Å². The first kappa shape index (κ1) is 14.4. The Labute approximate surface area is 113 Å². The zero-order valence-electron chi connectivity index (χ0n) is 11.2. The van der Waals surface area contributed by atoms with E-state index in [0.717, 1.165) is 13.1 Å². The lowest BCUT2D eigenvalue weighted by molar-refractivity contribution is -0.00803. The van der Waals surface area contributed by atoms with Gasteiger partial charge in [0, 0.05) is 31.4 Å². The Balaban J connectivity index is 1.97. The number of rotatable bonds is 5. The lowest BCUT2D eigenvalue weighted by Crippen LogP contribution is -2.55. The molecule has 7 nitrogen and oxygen atoms in total. The molecule has 1 saturated heterocycles. The first-order valence-corrected chi connectivity index (χ1v) is 7.71. The first-order valence-electron chi connectivity index (χ1n) is 6.23. The van der Waals surface area contributed by atoms with Crippen molar-refractivity contribution in [3.63, 3.8) is 0 Å². The van der Waals surface area contributed by atoms with Gasteiger partial charge in [-0.3, -0.25) is 10.00 Å². The predicted octanol–water partition coefficient (Wildman–Crippen LogP) is -0.201. The first-order chi connectivity index (χ1) is 8.92. The molecule has 1 aliphatic rings. The van der Waals surface area contributed by atoms with Crippen molar-refractivity contribution in [1.29, 1.82) is 0 Å². The highest BCUT2D eigenvalue weighted by Crippen LogP contribution is 2.16. The number of aromatic nitrogens is 2. The van der Waals surface area contributed by atoms with E-state index < -0.39 is 10.0 Å². The highest BCUT2D eigenvalue weighted by Gasteiger charge is 2.30. The van der Waals surface area contributed by atoms with E-state index in [9.17, 15) is 8.42 Å². The second-order valence-electron chi connectivity index (χ2n) is 5.17. The van der Waals surface area contributed by atoms with Crippen molar-refractivity contribution < 1.29 is 13.2 Å². The number of H-pyrrole nitrogens is 1. The summed E-state index contributed by atoms with van der Waals surface area (Å²) >= 11 is 0. The molecular formula is C11H20N4O3S. The Morgan fingerprint density at radius 1 is 1.47 bits per heavy atom. The molecule has 0 aromatic carbocycles. The molecule has 108 valence electrons. The number of nitrogens with zero attached hydrogens (tertiary/aromatic N) is 2. The Morgan fingerprint density at radius 3 is 2.74 bits per heavy atom. The van der Waals surface area contributed by atoms with Crippen LogP contribution >= 0.6 is 0 Å². The van der Waals surface area contributed by atoms with E-state index in [2.05, 4.69) is 19.8 Å². The zero-order chi connectivity index (χ0) is 13.9. The molecule has 1 fully saturated rings. The number of sulfonamides is 1. The van der Waals surface area contributed by atoms with Crippen LogP contribution in [0.15, 0.2) is 17.3 Å². The average molecular weight is 288 g/mol. The van der Waals surface area contributed by atoms with Crippen molar-refractivity contribution in [1.82, 2.24) is 19.8 Å². The van der Waals surface area contributed by atoms with E-state index in [1.54, 1.807) is 0 Å². The number of hydrogen-bond acceptors (Lipinski definition) is 5. The minimum absolute atomic E-state index is 0.158. The summed E-state index contributed by atoms with van der Waals surface area (Å²) in [6.45, 7) is 7.42. The molecule has 0 bridgehead atoms. The second-order valence-corrected chi connectivity index (χ2v) is 6.94. The molecular weight excluding hydrogens is 268 g/mol. The minimum Gasteiger partial charge on any atom is -0.379 e. The summed E-state index contributed by atoms with van der Waals surface area (Å²) in [6.07, 6.45) is 2.66. The molecule has 19 heavy (non-hydrogen) atoms. The van der Waals surface area contributed by atoms with Crippen LogP contribution < -0.4 is 4.72 Å². The van der Waals surface area contributed by atoms with Crippen LogP contribution in [0.25, 0.3) is 0 Å². The van der Waals surface area contributed by atoms with E-state index >= 15 is 0 Å². The third-order valence-electron chi connectivity index (χ3n) is 3.35. The van der Waals surface area contributed by atoms with Crippen LogP contribution in [0.2, 0.25) is 0 Å². The van der Waals surface area contributed by atoms with Gasteiger partial charge < -0.3 is 4.74 Å². The Hall–Kier alpha value is -0.960. The molecule has 0 saturated carbocycles. The van der Waals surface area contributed by atoms with Crippen LogP contribution in [0.5, 0.6) is 0 Å². The van der Waals surface area contributed by atoms with Gasteiger partial charge in [-0.2, -0.15) is 5.10 Å². The maximum absolute atomic E-state index is 12.0. The van der Waals surface area contributed by atoms with Crippen LogP contribution in [-0.4, -0.2) is 61.9 Å². The Kier molecular flexibility index (Phi) is 4.24. The zero-order valence-corrected chi connectivity index (χ0v) is 12.0. The molecule has 0 aliphatic carbocycles. The monoisotopic (exact) mass is 288 g/mol. The summed E-state index contributed by atoms with van der Waals surface area (Å²) in [5.41, 5.74) is -0.249. The Bertz CT molecular complexity index is 492. The lowest BCUT2D eigenvalue weighted by atomic mass is 10.0. The molecule has 0 spiro atoms. The van der Waals surface area contributed by atoms with Crippen molar-refractivity contribution in [3.8, 4) is 0 Å². The smallest absolute Gasteiger partial charge is 0.243 e. The van der Waals surface area contributed by atoms with Crippen molar-refractivity contribution in [2.45, 2.75) is 24.3 Å². The van der Waals surface area contributed by atoms with Gasteiger partial charge >= 0.3 is 0 Å². The van der Waals surface area contributed by atoms with E-state index in [1.165, 1.54) is 12.4 Å². The molecule has 2 rings (SSSR count). The van der Waals surface area contributed by atoms with Crippen molar-refractivity contribution in [2.75, 3.05) is 32.8 Å². The highest BCUT2D eigenvalue weighted by atomic mass is 32.2. The van der Waals surface area contributed by atoms with Gasteiger partial charge in [-0.1, -0.05) is 0 Å². The lowest BCUT2D eigenvalue weighted by Gasteiger charge is -2.40. The summed E-state index contributed by atoms with van der Waals surface area (Å²) in [7, 11) is -3.49. The van der Waals surface area contributed by atoms with Crippen molar-refractivity contribution >= 4 is 10.0 Å². The van der Waals surface area contributed by atoms with Gasteiger partial charge in [0.15, 0.2) is 0 Å². The molecule has 1 aromatic heterocycles. The second kappa shape index (κ2) is 5.58. The minimum atomic E-state index is -3.49. The van der Waals surface area contributed by atoms with Gasteiger partial charge in [-0.15, -0.1) is 0 Å². The largest absolute Gasteiger partial charge is 0.379 e. The van der Waals surface area contributed by atoms with Crippen LogP contribution in [0.3, 0.4) is 0 Å². The Morgan fingerprint density at radius 2 is 2.16 bits per heavy atom. The number of morpholine rings is 1. The fraction of sp³-hybridized carbons (Fsp3) is 0.727. The molecule has 0 amide bonds. The molecule has 0 unspecified atom stereocenters. The van der Waals surface area contributed by atoms with E-state index in [1.807, 2.05) is 13.8 Å². The summed E-state index contributed by atoms with van der Waals surface area (Å²) in [6, 6.07) is 0. The molecule has 1 aliphatic heterocycles. The van der Waals surface area contributed by atoms with E-state index in [4.69, 9.17) is 4.74 Å². The molecule has 8 heteroatoms. The van der Waals surface area contributed by atoms with Crippen molar-refractivity contribution in [2.24, 2.45) is 0 Å². The molecule has 2 N–H and O–H groups in total.